The summed E-state index contributed by atoms with van der Waals surface area (Å²) in [5.74, 6) is -4.32. The number of likely N-dealkylation sites (tertiary alicyclic amines) is 2. The van der Waals surface area contributed by atoms with Gasteiger partial charge in [-0.3, -0.25) is 38.9 Å². The van der Waals surface area contributed by atoms with Gasteiger partial charge in [-0.15, -0.1) is 0 Å². The Balaban J connectivity index is 2.06. The zero-order chi connectivity index (χ0) is 29.2. The molecular weight excluding hydrogens is 524 g/mol. The maximum absolute atomic E-state index is 13.9. The first-order valence-corrected chi connectivity index (χ1v) is 12.6. The summed E-state index contributed by atoms with van der Waals surface area (Å²) in [4.78, 5) is 63.7. The lowest BCUT2D eigenvalue weighted by molar-refractivity contribution is -0.253. The Bertz CT molecular complexity index is 1190. The number of esters is 2. The Labute approximate surface area is 230 Å². The van der Waals surface area contributed by atoms with Crippen LogP contribution in [0, 0.1) is 10.8 Å². The van der Waals surface area contributed by atoms with Crippen LogP contribution in [0.3, 0.4) is 0 Å². The fourth-order valence-electron chi connectivity index (χ4n) is 6.63. The van der Waals surface area contributed by atoms with E-state index in [-0.39, 0.29) is 19.5 Å². The van der Waals surface area contributed by atoms with Gasteiger partial charge in [0.15, 0.2) is 0 Å². The summed E-state index contributed by atoms with van der Waals surface area (Å²) in [6.45, 7) is -0.729. The van der Waals surface area contributed by atoms with Gasteiger partial charge in [-0.1, -0.05) is 12.1 Å². The molecule has 4 heterocycles. The van der Waals surface area contributed by atoms with Crippen LogP contribution in [0.15, 0.2) is 48.8 Å². The highest BCUT2D eigenvalue weighted by Crippen LogP contribution is 2.62. The van der Waals surface area contributed by atoms with E-state index in [1.807, 2.05) is 0 Å². The summed E-state index contributed by atoms with van der Waals surface area (Å²) in [6.07, 6.45) is 0.519. The molecule has 2 aliphatic rings. The lowest BCUT2D eigenvalue weighted by atomic mass is 9.53. The van der Waals surface area contributed by atoms with Gasteiger partial charge in [-0.25, -0.2) is 0 Å². The van der Waals surface area contributed by atoms with Crippen LogP contribution in [0.2, 0.25) is 0 Å². The average Bonchev–Trinajstić information content (AvgIpc) is 2.94. The second kappa shape index (κ2) is 11.3. The summed E-state index contributed by atoms with van der Waals surface area (Å²) >= 11 is 0. The number of aliphatic hydroxyl groups is 1. The number of rotatable bonds is 9. The molecule has 0 aromatic carbocycles. The first kappa shape index (κ1) is 29.1. The van der Waals surface area contributed by atoms with Crippen molar-refractivity contribution in [2.45, 2.75) is 37.1 Å². The Morgan fingerprint density at radius 3 is 1.75 bits per heavy atom. The molecule has 6 atom stereocenters. The van der Waals surface area contributed by atoms with Crippen LogP contribution in [0.5, 0.6) is 0 Å². The molecule has 2 fully saturated rings. The summed E-state index contributed by atoms with van der Waals surface area (Å²) in [5, 5.41) is 31.8. The van der Waals surface area contributed by atoms with Crippen LogP contribution in [-0.2, 0) is 28.7 Å². The molecule has 0 radical (unpaired) electrons. The highest BCUT2D eigenvalue weighted by atomic mass is 16.5. The number of carbonyl (C=O) groups is 4. The molecule has 0 aliphatic carbocycles. The molecule has 0 spiro atoms. The van der Waals surface area contributed by atoms with Crippen molar-refractivity contribution in [1.29, 1.82) is 0 Å². The van der Waals surface area contributed by atoms with Gasteiger partial charge in [-0.05, 0) is 37.7 Å². The number of aliphatic hydroxyl groups excluding tert-OH is 1. The van der Waals surface area contributed by atoms with E-state index in [9.17, 15) is 34.5 Å². The molecule has 2 aromatic heterocycles. The highest BCUT2D eigenvalue weighted by Gasteiger charge is 2.75. The number of aliphatic carboxylic acids is 2. The SMILES string of the molecule is COC(=O)C12CN([C@@H](CCC(=O)O)C(=O)O)CC(C(=O)OC)(C1O)[C@@H](c1ccccn1)N(C)C2c1ccccn1. The molecular formula is C27H32N4O9. The molecule has 2 aliphatic heterocycles. The molecule has 40 heavy (non-hydrogen) atoms. The number of carbonyl (C=O) groups excluding carboxylic acids is 2. The zero-order valence-corrected chi connectivity index (χ0v) is 22.3. The Kier molecular flexibility index (Phi) is 8.19. The second-order valence-electron chi connectivity index (χ2n) is 10.1. The van der Waals surface area contributed by atoms with Crippen molar-refractivity contribution < 1.29 is 44.0 Å². The number of carboxylic acids is 2. The molecule has 214 valence electrons. The quantitative estimate of drug-likeness (QED) is 0.364. The Morgan fingerprint density at radius 2 is 1.40 bits per heavy atom. The standard InChI is InChI=1S/C27H32N4O9/c1-30-20(16-8-4-6-12-28-16)26(24(37)39-2)14-31(18(22(34)35)10-11-19(32)33)15-27(23(26)36,25(38)40-3)21(30)17-9-5-7-13-29-17/h4-9,12-13,18,20-21,23,36H,10-11,14-15H2,1-3H3,(H,32,33)(H,34,35)/t18-,20+,21?,23?,26?,27?/m0/s1. The smallest absolute Gasteiger partial charge is 0.320 e. The zero-order valence-electron chi connectivity index (χ0n) is 22.3. The monoisotopic (exact) mass is 556 g/mol. The van der Waals surface area contributed by atoms with E-state index in [1.165, 1.54) is 17.3 Å². The van der Waals surface area contributed by atoms with Crippen LogP contribution in [-0.4, -0.2) is 105 Å². The normalized spacial score (nSPS) is 29.2. The van der Waals surface area contributed by atoms with Crippen molar-refractivity contribution in [3.63, 3.8) is 0 Å². The largest absolute Gasteiger partial charge is 0.481 e. The third-order valence-corrected chi connectivity index (χ3v) is 8.12. The van der Waals surface area contributed by atoms with E-state index in [2.05, 4.69) is 9.97 Å². The number of pyridine rings is 2. The van der Waals surface area contributed by atoms with Gasteiger partial charge in [0, 0.05) is 31.9 Å². The minimum absolute atomic E-state index is 0.312. The maximum Gasteiger partial charge on any atom is 0.320 e. The van der Waals surface area contributed by atoms with Gasteiger partial charge in [0.1, 0.15) is 16.9 Å². The molecule has 2 saturated heterocycles. The minimum atomic E-state index is -1.94. The number of fused-ring (bicyclic) bond motifs is 2. The average molecular weight is 557 g/mol. The van der Waals surface area contributed by atoms with Crippen LogP contribution in [0.4, 0.5) is 0 Å². The highest BCUT2D eigenvalue weighted by molar-refractivity contribution is 5.87. The summed E-state index contributed by atoms with van der Waals surface area (Å²) in [5.41, 5.74) is -3.14. The van der Waals surface area contributed by atoms with Crippen molar-refractivity contribution in [3.05, 3.63) is 60.2 Å². The number of hydrogen-bond donors (Lipinski definition) is 3. The summed E-state index contributed by atoms with van der Waals surface area (Å²) in [6, 6.07) is 6.67. The van der Waals surface area contributed by atoms with Crippen LogP contribution in [0.1, 0.15) is 36.3 Å². The van der Waals surface area contributed by atoms with E-state index in [4.69, 9.17) is 9.47 Å². The number of piperidine rings is 2. The third kappa shape index (κ3) is 4.49. The van der Waals surface area contributed by atoms with Gasteiger partial charge >= 0.3 is 23.9 Å². The number of methoxy groups -OCH3 is 2. The lowest BCUT2D eigenvalue weighted by Crippen LogP contribution is -2.78. The minimum Gasteiger partial charge on any atom is -0.481 e. The number of nitrogens with zero attached hydrogens (tertiary/aromatic N) is 4. The van der Waals surface area contributed by atoms with Crippen LogP contribution < -0.4 is 0 Å². The summed E-state index contributed by atoms with van der Waals surface area (Å²) in [7, 11) is 3.96. The van der Waals surface area contributed by atoms with E-state index >= 15 is 0 Å². The first-order chi connectivity index (χ1) is 19.1. The topological polar surface area (TPSA) is 180 Å². The van der Waals surface area contributed by atoms with Gasteiger partial charge in [0.25, 0.3) is 0 Å². The maximum atomic E-state index is 13.9. The van der Waals surface area contributed by atoms with Crippen LogP contribution >= 0.6 is 0 Å². The third-order valence-electron chi connectivity index (χ3n) is 8.12. The number of hydrogen-bond acceptors (Lipinski definition) is 11. The molecule has 0 amide bonds. The van der Waals surface area contributed by atoms with Crippen molar-refractivity contribution in [2.24, 2.45) is 10.8 Å². The van der Waals surface area contributed by atoms with Gasteiger partial charge in [0.05, 0.1) is 43.8 Å². The Morgan fingerprint density at radius 1 is 0.925 bits per heavy atom. The van der Waals surface area contributed by atoms with Gasteiger partial charge < -0.3 is 24.8 Å². The van der Waals surface area contributed by atoms with Gasteiger partial charge in [0.2, 0.25) is 0 Å². The molecule has 3 N–H and O–H groups in total. The molecule has 13 nitrogen and oxygen atoms in total. The second-order valence-corrected chi connectivity index (χ2v) is 10.1. The molecule has 2 aromatic rings. The van der Waals surface area contributed by atoms with E-state index in [0.717, 1.165) is 14.2 Å². The van der Waals surface area contributed by atoms with E-state index < -0.39 is 65.4 Å². The molecule has 4 unspecified atom stereocenters. The van der Waals surface area contributed by atoms with E-state index in [0.29, 0.717) is 11.4 Å². The predicted octanol–water partition coefficient (Wildman–Crippen LogP) is 0.518. The molecule has 4 rings (SSSR count). The van der Waals surface area contributed by atoms with Crippen molar-refractivity contribution in [1.82, 2.24) is 19.8 Å². The van der Waals surface area contributed by atoms with Crippen molar-refractivity contribution in [2.75, 3.05) is 34.4 Å². The molecule has 0 saturated carbocycles. The van der Waals surface area contributed by atoms with Crippen LogP contribution in [0.25, 0.3) is 0 Å². The van der Waals surface area contributed by atoms with Gasteiger partial charge in [-0.2, -0.15) is 0 Å². The summed E-state index contributed by atoms with van der Waals surface area (Å²) < 4.78 is 10.5. The Hall–Kier alpha value is -3.94. The molecule has 2 bridgehead atoms. The number of ether oxygens (including phenoxy) is 2. The predicted molar refractivity (Wildman–Crippen MR) is 136 cm³/mol. The number of aromatic nitrogens is 2. The van der Waals surface area contributed by atoms with E-state index in [1.54, 1.807) is 48.3 Å². The van der Waals surface area contributed by atoms with Crippen molar-refractivity contribution >= 4 is 23.9 Å². The molecule has 13 heteroatoms. The van der Waals surface area contributed by atoms with Crippen molar-refractivity contribution in [3.8, 4) is 0 Å². The first-order valence-electron chi connectivity index (χ1n) is 12.6. The fraction of sp³-hybridized carbons (Fsp3) is 0.481. The number of carboxylic acid groups (broad SMARTS) is 2. The lowest BCUT2D eigenvalue weighted by Gasteiger charge is -2.64. The fourth-order valence-corrected chi connectivity index (χ4v) is 6.63.